The summed E-state index contributed by atoms with van der Waals surface area (Å²) in [5, 5.41) is 0. The molecule has 0 nitrogen and oxygen atoms in total. The molecule has 0 amide bonds. The molecule has 0 saturated heterocycles. The van der Waals surface area contributed by atoms with Gasteiger partial charge in [-0.25, -0.2) is 0 Å². The van der Waals surface area contributed by atoms with Crippen molar-refractivity contribution in [2.24, 2.45) is 0 Å². The highest BCUT2D eigenvalue weighted by molar-refractivity contribution is 5.82. The Morgan fingerprint density at radius 3 is 2.17 bits per heavy atom. The Bertz CT molecular complexity index is 562. The number of allylic oxidation sites excluding steroid dienone is 1. The number of hydrogen-bond donors (Lipinski definition) is 0. The van der Waals surface area contributed by atoms with Gasteiger partial charge in [-0.2, -0.15) is 0 Å². The molecule has 0 saturated carbocycles. The summed E-state index contributed by atoms with van der Waals surface area (Å²) in [5.74, 6) is 0. The van der Waals surface area contributed by atoms with Crippen molar-refractivity contribution < 1.29 is 0 Å². The lowest BCUT2D eigenvalue weighted by molar-refractivity contribution is 1.13. The summed E-state index contributed by atoms with van der Waals surface area (Å²) in [4.78, 5) is 0. The Morgan fingerprint density at radius 2 is 1.56 bits per heavy atom. The van der Waals surface area contributed by atoms with Gasteiger partial charge in [0.25, 0.3) is 0 Å². The highest BCUT2D eigenvalue weighted by Gasteiger charge is 2.09. The van der Waals surface area contributed by atoms with E-state index in [0.717, 1.165) is 6.42 Å². The van der Waals surface area contributed by atoms with Crippen LogP contribution in [-0.4, -0.2) is 0 Å². The van der Waals surface area contributed by atoms with Crippen molar-refractivity contribution in [3.63, 3.8) is 0 Å². The molecule has 0 fully saturated rings. The van der Waals surface area contributed by atoms with Gasteiger partial charge in [-0.05, 0) is 48.1 Å². The third kappa shape index (κ3) is 2.38. The zero-order chi connectivity index (χ0) is 13.0. The van der Waals surface area contributed by atoms with E-state index in [9.17, 15) is 0 Å². The normalized spacial score (nSPS) is 11.6. The van der Waals surface area contributed by atoms with E-state index in [1.54, 1.807) is 0 Å². The predicted octanol–water partition coefficient (Wildman–Crippen LogP) is 5.01. The Hall–Kier alpha value is -1.82. The van der Waals surface area contributed by atoms with E-state index >= 15 is 0 Å². The Labute approximate surface area is 110 Å². The molecule has 92 valence electrons. The molecule has 0 N–H and O–H groups in total. The molecular formula is C18H20. The maximum Gasteiger partial charge on any atom is -0.0149 e. The minimum Gasteiger partial charge on any atom is -0.0792 e. The van der Waals surface area contributed by atoms with Crippen molar-refractivity contribution in [2.75, 3.05) is 0 Å². The molecule has 0 bridgehead atoms. The van der Waals surface area contributed by atoms with Gasteiger partial charge >= 0.3 is 0 Å². The maximum absolute atomic E-state index is 2.22. The SMILES string of the molecule is CC=C(c1ccccc1C)c1ccccc1CC. The van der Waals surface area contributed by atoms with Gasteiger partial charge in [0, 0.05) is 0 Å². The molecule has 0 radical (unpaired) electrons. The lowest BCUT2D eigenvalue weighted by Crippen LogP contribution is -1.95. The van der Waals surface area contributed by atoms with Crippen molar-refractivity contribution in [2.45, 2.75) is 27.2 Å². The van der Waals surface area contributed by atoms with Crippen LogP contribution >= 0.6 is 0 Å². The summed E-state index contributed by atoms with van der Waals surface area (Å²) >= 11 is 0. The molecule has 0 unspecified atom stereocenters. The molecule has 2 aromatic carbocycles. The smallest absolute Gasteiger partial charge is 0.0149 e. The fraction of sp³-hybridized carbons (Fsp3) is 0.222. The fourth-order valence-corrected chi connectivity index (χ4v) is 2.42. The van der Waals surface area contributed by atoms with Gasteiger partial charge in [0.2, 0.25) is 0 Å². The second kappa shape index (κ2) is 5.68. The van der Waals surface area contributed by atoms with E-state index in [-0.39, 0.29) is 0 Å². The summed E-state index contributed by atoms with van der Waals surface area (Å²) in [7, 11) is 0. The minimum atomic E-state index is 1.07. The van der Waals surface area contributed by atoms with Crippen LogP contribution in [0.15, 0.2) is 54.6 Å². The average Bonchev–Trinajstić information content (AvgIpc) is 2.42. The molecule has 2 aromatic rings. The molecular weight excluding hydrogens is 216 g/mol. The molecule has 0 aliphatic heterocycles. The molecule has 0 heterocycles. The summed E-state index contributed by atoms with van der Waals surface area (Å²) < 4.78 is 0. The Balaban J connectivity index is 2.57. The number of rotatable bonds is 3. The van der Waals surface area contributed by atoms with Gasteiger partial charge < -0.3 is 0 Å². The molecule has 0 spiro atoms. The van der Waals surface area contributed by atoms with Crippen LogP contribution in [-0.2, 0) is 6.42 Å². The van der Waals surface area contributed by atoms with Crippen LogP contribution in [0.2, 0.25) is 0 Å². The maximum atomic E-state index is 2.22. The molecule has 0 aliphatic rings. The molecule has 18 heavy (non-hydrogen) atoms. The number of hydrogen-bond acceptors (Lipinski definition) is 0. The van der Waals surface area contributed by atoms with Gasteiger partial charge in [0.1, 0.15) is 0 Å². The number of benzene rings is 2. The van der Waals surface area contributed by atoms with E-state index in [1.165, 1.54) is 27.8 Å². The summed E-state index contributed by atoms with van der Waals surface area (Å²) in [6.45, 7) is 6.51. The zero-order valence-electron chi connectivity index (χ0n) is 11.4. The van der Waals surface area contributed by atoms with E-state index in [4.69, 9.17) is 0 Å². The number of aryl methyl sites for hydroxylation is 2. The molecule has 0 aromatic heterocycles. The van der Waals surface area contributed by atoms with Crippen LogP contribution < -0.4 is 0 Å². The minimum absolute atomic E-state index is 1.07. The first-order chi connectivity index (χ1) is 8.77. The lowest BCUT2D eigenvalue weighted by Gasteiger charge is -2.14. The fourth-order valence-electron chi connectivity index (χ4n) is 2.42. The van der Waals surface area contributed by atoms with Crippen molar-refractivity contribution in [1.82, 2.24) is 0 Å². The average molecular weight is 236 g/mol. The second-order valence-electron chi connectivity index (χ2n) is 4.53. The molecule has 0 aliphatic carbocycles. The van der Waals surface area contributed by atoms with Gasteiger partial charge in [-0.15, -0.1) is 0 Å². The van der Waals surface area contributed by atoms with Gasteiger partial charge in [0.15, 0.2) is 0 Å². The van der Waals surface area contributed by atoms with Crippen LogP contribution in [0, 0.1) is 6.92 Å². The van der Waals surface area contributed by atoms with E-state index < -0.39 is 0 Å². The van der Waals surface area contributed by atoms with Crippen LogP contribution in [0.3, 0.4) is 0 Å². The van der Waals surface area contributed by atoms with Crippen LogP contribution in [0.1, 0.15) is 36.1 Å². The zero-order valence-corrected chi connectivity index (χ0v) is 11.4. The first kappa shape index (κ1) is 12.6. The van der Waals surface area contributed by atoms with Crippen LogP contribution in [0.5, 0.6) is 0 Å². The standard InChI is InChI=1S/C18H20/c1-4-15-11-7-9-13-18(15)16(5-2)17-12-8-6-10-14(17)3/h5-13H,4H2,1-3H3. The van der Waals surface area contributed by atoms with Crippen LogP contribution in [0.25, 0.3) is 5.57 Å². The summed E-state index contributed by atoms with van der Waals surface area (Å²) in [6, 6.07) is 17.3. The second-order valence-corrected chi connectivity index (χ2v) is 4.53. The summed E-state index contributed by atoms with van der Waals surface area (Å²) in [5.41, 5.74) is 6.77. The molecule has 0 heteroatoms. The monoisotopic (exact) mass is 236 g/mol. The van der Waals surface area contributed by atoms with Gasteiger partial charge in [0.05, 0.1) is 0 Å². The molecule has 0 atom stereocenters. The van der Waals surface area contributed by atoms with Gasteiger partial charge in [-0.1, -0.05) is 61.5 Å². The summed E-state index contributed by atoms with van der Waals surface area (Å²) in [6.07, 6.45) is 3.29. The highest BCUT2D eigenvalue weighted by atomic mass is 14.1. The van der Waals surface area contributed by atoms with Crippen LogP contribution in [0.4, 0.5) is 0 Å². The largest absolute Gasteiger partial charge is 0.0792 e. The van der Waals surface area contributed by atoms with E-state index in [1.807, 2.05) is 0 Å². The van der Waals surface area contributed by atoms with Crippen molar-refractivity contribution in [1.29, 1.82) is 0 Å². The lowest BCUT2D eigenvalue weighted by atomic mass is 9.90. The van der Waals surface area contributed by atoms with Crippen molar-refractivity contribution in [3.05, 3.63) is 76.9 Å². The molecule has 2 rings (SSSR count). The van der Waals surface area contributed by atoms with Crippen molar-refractivity contribution >= 4 is 5.57 Å². The van der Waals surface area contributed by atoms with Crippen molar-refractivity contribution in [3.8, 4) is 0 Å². The quantitative estimate of drug-likeness (QED) is 0.702. The van der Waals surface area contributed by atoms with E-state index in [2.05, 4.69) is 75.4 Å². The van der Waals surface area contributed by atoms with Gasteiger partial charge in [-0.3, -0.25) is 0 Å². The first-order valence-corrected chi connectivity index (χ1v) is 6.58. The van der Waals surface area contributed by atoms with E-state index in [0.29, 0.717) is 0 Å². The third-order valence-electron chi connectivity index (χ3n) is 3.41. The highest BCUT2D eigenvalue weighted by Crippen LogP contribution is 2.28. The third-order valence-corrected chi connectivity index (χ3v) is 3.41. The Morgan fingerprint density at radius 1 is 0.944 bits per heavy atom. The topological polar surface area (TPSA) is 0 Å². The first-order valence-electron chi connectivity index (χ1n) is 6.58. The predicted molar refractivity (Wildman–Crippen MR) is 79.8 cm³/mol. The Kier molecular flexibility index (Phi) is 3.99.